The summed E-state index contributed by atoms with van der Waals surface area (Å²) in [5.41, 5.74) is 0. The van der Waals surface area contributed by atoms with E-state index in [2.05, 4.69) is 25.2 Å². The maximum Gasteiger partial charge on any atom is 0.234 e. The molecule has 1 aromatic heterocycles. The number of nitrogens with zero attached hydrogens (tertiary/aromatic N) is 5. The second-order valence-electron chi connectivity index (χ2n) is 7.49. The van der Waals surface area contributed by atoms with Crippen LogP contribution in [0, 0.1) is 0 Å². The maximum atomic E-state index is 12.4. The molecule has 2 saturated heterocycles. The molecule has 4 rings (SSSR count). The van der Waals surface area contributed by atoms with Crippen molar-refractivity contribution in [3.63, 3.8) is 0 Å². The molecule has 1 N–H and O–H groups in total. The lowest BCUT2D eigenvalue weighted by Crippen LogP contribution is -2.48. The summed E-state index contributed by atoms with van der Waals surface area (Å²) < 4.78 is 1.87. The van der Waals surface area contributed by atoms with Gasteiger partial charge in [0.15, 0.2) is 0 Å². The van der Waals surface area contributed by atoms with Gasteiger partial charge in [-0.25, -0.2) is 4.98 Å². The number of piperidine rings is 1. The van der Waals surface area contributed by atoms with Gasteiger partial charge in [0.2, 0.25) is 5.91 Å². The fourth-order valence-electron chi connectivity index (χ4n) is 4.16. The summed E-state index contributed by atoms with van der Waals surface area (Å²) >= 11 is 0. The summed E-state index contributed by atoms with van der Waals surface area (Å²) in [7, 11) is 0. The summed E-state index contributed by atoms with van der Waals surface area (Å²) in [6.07, 6.45) is 10.6. The lowest BCUT2D eigenvalue weighted by atomic mass is 10.0. The molecule has 3 fully saturated rings. The Kier molecular flexibility index (Phi) is 4.80. The first-order chi connectivity index (χ1) is 11.8. The Bertz CT molecular complexity index is 535. The van der Waals surface area contributed by atoms with E-state index >= 15 is 0 Å². The van der Waals surface area contributed by atoms with Crippen LogP contribution in [0.15, 0.2) is 12.7 Å². The monoisotopic (exact) mass is 332 g/mol. The Hall–Kier alpha value is -1.47. The molecule has 0 unspecified atom stereocenters. The Morgan fingerprint density at radius 2 is 1.96 bits per heavy atom. The van der Waals surface area contributed by atoms with E-state index in [1.807, 2.05) is 4.68 Å². The SMILES string of the molecule is O=C(CN1CCC[C@@H]1Cn1cncn1)NC1CCN(C2CC2)CC1. The molecule has 0 aromatic carbocycles. The molecule has 1 atom stereocenters. The highest BCUT2D eigenvalue weighted by molar-refractivity contribution is 5.78. The van der Waals surface area contributed by atoms with Crippen LogP contribution < -0.4 is 5.32 Å². The van der Waals surface area contributed by atoms with Gasteiger partial charge in [0, 0.05) is 31.2 Å². The first-order valence-electron chi connectivity index (χ1n) is 9.38. The van der Waals surface area contributed by atoms with E-state index in [0.717, 1.165) is 57.9 Å². The number of carbonyl (C=O) groups excluding carboxylic acids is 1. The predicted molar refractivity (Wildman–Crippen MR) is 90.4 cm³/mol. The summed E-state index contributed by atoms with van der Waals surface area (Å²) in [5.74, 6) is 0.186. The van der Waals surface area contributed by atoms with Crippen LogP contribution in [0.4, 0.5) is 0 Å². The first kappa shape index (κ1) is 16.0. The van der Waals surface area contributed by atoms with E-state index in [1.54, 1.807) is 12.7 Å². The summed E-state index contributed by atoms with van der Waals surface area (Å²) in [6.45, 7) is 4.64. The van der Waals surface area contributed by atoms with Crippen molar-refractivity contribution in [1.82, 2.24) is 29.9 Å². The van der Waals surface area contributed by atoms with E-state index < -0.39 is 0 Å². The van der Waals surface area contributed by atoms with Gasteiger partial charge in [-0.2, -0.15) is 5.10 Å². The van der Waals surface area contributed by atoms with E-state index in [1.165, 1.54) is 12.8 Å². The fourth-order valence-corrected chi connectivity index (χ4v) is 4.16. The van der Waals surface area contributed by atoms with Crippen LogP contribution in [-0.4, -0.2) is 74.8 Å². The normalized spacial score (nSPS) is 26.8. The quantitative estimate of drug-likeness (QED) is 0.821. The van der Waals surface area contributed by atoms with Crippen LogP contribution in [0.3, 0.4) is 0 Å². The Labute approximate surface area is 143 Å². The van der Waals surface area contributed by atoms with Crippen molar-refractivity contribution < 1.29 is 4.79 Å². The number of hydrogen-bond acceptors (Lipinski definition) is 5. The molecule has 0 radical (unpaired) electrons. The average molecular weight is 332 g/mol. The van der Waals surface area contributed by atoms with E-state index in [-0.39, 0.29) is 5.91 Å². The van der Waals surface area contributed by atoms with Gasteiger partial charge < -0.3 is 10.2 Å². The Balaban J connectivity index is 1.22. The second-order valence-corrected chi connectivity index (χ2v) is 7.49. The lowest BCUT2D eigenvalue weighted by molar-refractivity contribution is -0.123. The first-order valence-corrected chi connectivity index (χ1v) is 9.38. The van der Waals surface area contributed by atoms with E-state index in [0.29, 0.717) is 18.6 Å². The topological polar surface area (TPSA) is 66.3 Å². The highest BCUT2D eigenvalue weighted by Gasteiger charge is 2.32. The fraction of sp³-hybridized carbons (Fsp3) is 0.824. The number of hydrogen-bond donors (Lipinski definition) is 1. The van der Waals surface area contributed by atoms with Crippen molar-refractivity contribution >= 4 is 5.91 Å². The number of nitrogens with one attached hydrogen (secondary N) is 1. The second kappa shape index (κ2) is 7.19. The molecular weight excluding hydrogens is 304 g/mol. The molecular formula is C17H28N6O. The van der Waals surface area contributed by atoms with Crippen LogP contribution in [0.2, 0.25) is 0 Å². The number of rotatable bonds is 6. The molecule has 3 aliphatic rings. The number of amides is 1. The molecule has 7 heteroatoms. The van der Waals surface area contributed by atoms with Crippen molar-refractivity contribution in [3.8, 4) is 0 Å². The highest BCUT2D eigenvalue weighted by Crippen LogP contribution is 2.29. The van der Waals surface area contributed by atoms with Crippen LogP contribution in [0.25, 0.3) is 0 Å². The molecule has 1 aliphatic carbocycles. The summed E-state index contributed by atoms with van der Waals surface area (Å²) in [4.78, 5) is 21.3. The van der Waals surface area contributed by atoms with Gasteiger partial charge >= 0.3 is 0 Å². The molecule has 132 valence electrons. The minimum absolute atomic E-state index is 0.186. The zero-order valence-electron chi connectivity index (χ0n) is 14.3. The van der Waals surface area contributed by atoms with Gasteiger partial charge in [-0.05, 0) is 45.1 Å². The minimum atomic E-state index is 0.186. The number of aromatic nitrogens is 3. The van der Waals surface area contributed by atoms with Crippen LogP contribution in [0.1, 0.15) is 38.5 Å². The van der Waals surface area contributed by atoms with Crippen molar-refractivity contribution in [1.29, 1.82) is 0 Å². The van der Waals surface area contributed by atoms with Crippen LogP contribution in [-0.2, 0) is 11.3 Å². The largest absolute Gasteiger partial charge is 0.352 e. The molecule has 1 aromatic rings. The van der Waals surface area contributed by atoms with Gasteiger partial charge in [0.1, 0.15) is 12.7 Å². The van der Waals surface area contributed by atoms with Gasteiger partial charge in [-0.15, -0.1) is 0 Å². The van der Waals surface area contributed by atoms with Crippen LogP contribution in [0.5, 0.6) is 0 Å². The zero-order chi connectivity index (χ0) is 16.4. The van der Waals surface area contributed by atoms with E-state index in [4.69, 9.17) is 0 Å². The molecule has 0 bridgehead atoms. The van der Waals surface area contributed by atoms with Gasteiger partial charge in [-0.3, -0.25) is 14.4 Å². The van der Waals surface area contributed by atoms with Gasteiger partial charge in [0.05, 0.1) is 13.1 Å². The molecule has 1 saturated carbocycles. The number of carbonyl (C=O) groups is 1. The van der Waals surface area contributed by atoms with Gasteiger partial charge in [-0.1, -0.05) is 0 Å². The summed E-state index contributed by atoms with van der Waals surface area (Å²) in [5, 5.41) is 7.45. The van der Waals surface area contributed by atoms with Crippen LogP contribution >= 0.6 is 0 Å². The zero-order valence-corrected chi connectivity index (χ0v) is 14.3. The Morgan fingerprint density at radius 3 is 2.67 bits per heavy atom. The highest BCUT2D eigenvalue weighted by atomic mass is 16.2. The lowest BCUT2D eigenvalue weighted by Gasteiger charge is -2.33. The minimum Gasteiger partial charge on any atom is -0.352 e. The average Bonchev–Trinajstić information content (AvgIpc) is 3.14. The molecule has 3 heterocycles. The molecule has 1 amide bonds. The predicted octanol–water partition coefficient (Wildman–Crippen LogP) is 0.486. The van der Waals surface area contributed by atoms with E-state index in [9.17, 15) is 4.79 Å². The molecule has 24 heavy (non-hydrogen) atoms. The maximum absolute atomic E-state index is 12.4. The summed E-state index contributed by atoms with van der Waals surface area (Å²) in [6, 6.07) is 1.61. The standard InChI is InChI=1S/C17H28N6O/c24-17(20-14-5-8-21(9-6-14)15-3-4-15)11-22-7-1-2-16(22)10-23-13-18-12-19-23/h12-16H,1-11H2,(H,20,24)/t16-/m1/s1. The molecule has 7 nitrogen and oxygen atoms in total. The third-order valence-corrected chi connectivity index (χ3v) is 5.67. The van der Waals surface area contributed by atoms with Crippen molar-refractivity contribution in [2.24, 2.45) is 0 Å². The van der Waals surface area contributed by atoms with Gasteiger partial charge in [0.25, 0.3) is 0 Å². The Morgan fingerprint density at radius 1 is 1.12 bits per heavy atom. The van der Waals surface area contributed by atoms with Crippen molar-refractivity contribution in [2.75, 3.05) is 26.2 Å². The smallest absolute Gasteiger partial charge is 0.234 e. The third-order valence-electron chi connectivity index (χ3n) is 5.67. The molecule has 0 spiro atoms. The number of likely N-dealkylation sites (tertiary alicyclic amines) is 2. The van der Waals surface area contributed by atoms with Crippen molar-refractivity contribution in [2.45, 2.75) is 63.2 Å². The molecule has 2 aliphatic heterocycles. The van der Waals surface area contributed by atoms with Crippen molar-refractivity contribution in [3.05, 3.63) is 12.7 Å². The third kappa shape index (κ3) is 3.95.